The second kappa shape index (κ2) is 8.24. The van der Waals surface area contributed by atoms with Gasteiger partial charge in [-0.1, -0.05) is 12.1 Å². The summed E-state index contributed by atoms with van der Waals surface area (Å²) < 4.78 is 58.4. The molecule has 1 amide bonds. The van der Waals surface area contributed by atoms with E-state index in [0.717, 1.165) is 6.07 Å². The lowest BCUT2D eigenvalue weighted by Crippen LogP contribution is -2.44. The molecule has 0 aromatic heterocycles. The highest BCUT2D eigenvalue weighted by Crippen LogP contribution is 2.39. The predicted molar refractivity (Wildman–Crippen MR) is 117 cm³/mol. The number of piperidine rings is 1. The fourth-order valence-electron chi connectivity index (χ4n) is 4.01. The number of amides is 1. The van der Waals surface area contributed by atoms with E-state index in [1.807, 2.05) is 27.7 Å². The Morgan fingerprint density at radius 3 is 2.25 bits per heavy atom. The van der Waals surface area contributed by atoms with Crippen molar-refractivity contribution < 1.29 is 32.0 Å². The van der Waals surface area contributed by atoms with E-state index in [1.54, 1.807) is 25.7 Å². The van der Waals surface area contributed by atoms with Crippen molar-refractivity contribution in [2.45, 2.75) is 90.2 Å². The number of alkyl halides is 3. The van der Waals surface area contributed by atoms with Gasteiger partial charge in [0.25, 0.3) is 0 Å². The zero-order valence-corrected chi connectivity index (χ0v) is 19.9. The molecule has 2 aliphatic rings. The molecule has 9 heteroatoms. The van der Waals surface area contributed by atoms with Crippen molar-refractivity contribution in [3.05, 3.63) is 29.3 Å². The molecule has 1 aromatic carbocycles. The Kier molecular flexibility index (Phi) is 6.41. The van der Waals surface area contributed by atoms with Crippen molar-refractivity contribution >= 4 is 18.7 Å². The molecule has 0 radical (unpaired) electrons. The van der Waals surface area contributed by atoms with Crippen molar-refractivity contribution in [1.29, 1.82) is 0 Å². The van der Waals surface area contributed by atoms with E-state index in [4.69, 9.17) is 14.0 Å². The number of nitrogens with zero attached hydrogens (tertiary/aromatic N) is 1. The maximum Gasteiger partial charge on any atom is 0.495 e. The molecule has 0 aliphatic carbocycles. The molecule has 1 unspecified atom stereocenters. The lowest BCUT2D eigenvalue weighted by atomic mass is 9.71. The number of halogens is 3. The first-order valence-corrected chi connectivity index (χ1v) is 11.0. The van der Waals surface area contributed by atoms with Crippen LogP contribution in [0.5, 0.6) is 0 Å². The number of benzene rings is 1. The van der Waals surface area contributed by atoms with E-state index in [0.29, 0.717) is 30.4 Å². The summed E-state index contributed by atoms with van der Waals surface area (Å²) in [6.45, 7) is 13.8. The summed E-state index contributed by atoms with van der Waals surface area (Å²) in [5.74, 6) is -0.285. The maximum absolute atomic E-state index is 13.5. The van der Waals surface area contributed by atoms with Crippen LogP contribution >= 0.6 is 0 Å². The Labute approximate surface area is 188 Å². The zero-order chi connectivity index (χ0) is 24.1. The minimum Gasteiger partial charge on any atom is -0.444 e. The Hall–Kier alpha value is -1.74. The number of hydrogen-bond donors (Lipinski definition) is 0. The number of ether oxygens (including phenoxy) is 1. The van der Waals surface area contributed by atoms with Crippen molar-refractivity contribution in [2.75, 3.05) is 13.1 Å². The molecule has 2 heterocycles. The third-order valence-corrected chi connectivity index (χ3v) is 6.43. The first kappa shape index (κ1) is 24.9. The predicted octanol–water partition coefficient (Wildman–Crippen LogP) is 5.12. The lowest BCUT2D eigenvalue weighted by Gasteiger charge is -2.35. The number of rotatable bonds is 2. The Balaban J connectivity index is 1.95. The van der Waals surface area contributed by atoms with E-state index in [9.17, 15) is 18.0 Å². The normalized spacial score (nSPS) is 23.4. The van der Waals surface area contributed by atoms with Crippen LogP contribution in [0.3, 0.4) is 0 Å². The van der Waals surface area contributed by atoms with Gasteiger partial charge in [0.05, 0.1) is 16.8 Å². The number of carbonyl (C=O) groups is 1. The first-order valence-electron chi connectivity index (χ1n) is 11.0. The number of likely N-dealkylation sites (tertiary alicyclic amines) is 1. The van der Waals surface area contributed by atoms with Gasteiger partial charge in [-0.15, -0.1) is 0 Å². The summed E-state index contributed by atoms with van der Waals surface area (Å²) in [7, 11) is -0.783. The largest absolute Gasteiger partial charge is 0.495 e. The molecule has 0 spiro atoms. The van der Waals surface area contributed by atoms with E-state index in [1.165, 1.54) is 12.1 Å². The molecule has 0 N–H and O–H groups in total. The molecule has 32 heavy (non-hydrogen) atoms. The molecule has 178 valence electrons. The van der Waals surface area contributed by atoms with Gasteiger partial charge in [0.1, 0.15) is 5.60 Å². The van der Waals surface area contributed by atoms with E-state index in [2.05, 4.69) is 0 Å². The highest BCUT2D eigenvalue weighted by atomic mass is 19.4. The summed E-state index contributed by atoms with van der Waals surface area (Å²) in [6.07, 6.45) is -3.59. The quantitative estimate of drug-likeness (QED) is 0.581. The smallest absolute Gasteiger partial charge is 0.444 e. The minimum atomic E-state index is -4.47. The second-order valence-electron chi connectivity index (χ2n) is 10.7. The molecule has 0 saturated carbocycles. The summed E-state index contributed by atoms with van der Waals surface area (Å²) in [5, 5.41) is 0. The van der Waals surface area contributed by atoms with Gasteiger partial charge in [0.2, 0.25) is 0 Å². The summed E-state index contributed by atoms with van der Waals surface area (Å²) in [6, 6.07) is 3.70. The van der Waals surface area contributed by atoms with Crippen molar-refractivity contribution in [3.8, 4) is 0 Å². The molecule has 2 saturated heterocycles. The topological polar surface area (TPSA) is 48.0 Å². The molecule has 5 nitrogen and oxygen atoms in total. The van der Waals surface area contributed by atoms with Gasteiger partial charge in [-0.2, -0.15) is 13.2 Å². The van der Waals surface area contributed by atoms with Gasteiger partial charge >= 0.3 is 19.4 Å². The maximum atomic E-state index is 13.5. The molecule has 1 aromatic rings. The van der Waals surface area contributed by atoms with Gasteiger partial charge in [0.15, 0.2) is 0 Å². The van der Waals surface area contributed by atoms with Crippen LogP contribution < -0.4 is 5.46 Å². The highest BCUT2D eigenvalue weighted by Gasteiger charge is 2.52. The molecule has 3 rings (SSSR count). The number of carbonyl (C=O) groups excluding carboxylic acids is 1. The zero-order valence-electron chi connectivity index (χ0n) is 19.9. The van der Waals surface area contributed by atoms with Crippen LogP contribution in [0.4, 0.5) is 18.0 Å². The lowest BCUT2D eigenvalue weighted by molar-refractivity contribution is -0.137. The van der Waals surface area contributed by atoms with Gasteiger partial charge in [-0.3, -0.25) is 0 Å². The minimum absolute atomic E-state index is 0.280. The fourth-order valence-corrected chi connectivity index (χ4v) is 4.01. The van der Waals surface area contributed by atoms with E-state index in [-0.39, 0.29) is 12.5 Å². The van der Waals surface area contributed by atoms with Gasteiger partial charge in [-0.25, -0.2) is 4.79 Å². The monoisotopic (exact) mass is 455 g/mol. The fraction of sp³-hybridized carbons (Fsp3) is 0.696. The van der Waals surface area contributed by atoms with Crippen LogP contribution in [0.1, 0.15) is 78.4 Å². The summed E-state index contributed by atoms with van der Waals surface area (Å²) in [5.41, 5.74) is -1.52. The molecule has 1 atom stereocenters. The van der Waals surface area contributed by atoms with Crippen molar-refractivity contribution in [2.24, 2.45) is 0 Å². The van der Waals surface area contributed by atoms with Gasteiger partial charge in [0, 0.05) is 19.0 Å². The third-order valence-electron chi connectivity index (χ3n) is 6.43. The molecular weight excluding hydrogens is 422 g/mol. The average Bonchev–Trinajstić information content (AvgIpc) is 2.86. The van der Waals surface area contributed by atoms with Gasteiger partial charge in [-0.05, 0) is 78.4 Å². The van der Waals surface area contributed by atoms with E-state index < -0.39 is 41.8 Å². The Bertz CT molecular complexity index is 848. The Morgan fingerprint density at radius 1 is 1.12 bits per heavy atom. The Morgan fingerprint density at radius 2 is 1.72 bits per heavy atom. The molecule has 2 aliphatic heterocycles. The number of hydrogen-bond acceptors (Lipinski definition) is 4. The SMILES string of the molecule is CC(C)(C)OC(=O)N1CCCC(c2cc(C(F)(F)F)ccc2B2OC(C)(C)C(C)(C)O2)C1. The average molecular weight is 455 g/mol. The van der Waals surface area contributed by atoms with Crippen LogP contribution in [0, 0.1) is 0 Å². The van der Waals surface area contributed by atoms with E-state index >= 15 is 0 Å². The first-order chi connectivity index (χ1) is 14.5. The second-order valence-corrected chi connectivity index (χ2v) is 10.7. The van der Waals surface area contributed by atoms with Gasteiger partial charge < -0.3 is 18.9 Å². The van der Waals surface area contributed by atoms with Crippen LogP contribution in [0.15, 0.2) is 18.2 Å². The van der Waals surface area contributed by atoms with Crippen molar-refractivity contribution in [3.63, 3.8) is 0 Å². The van der Waals surface area contributed by atoms with Crippen molar-refractivity contribution in [1.82, 2.24) is 4.90 Å². The summed E-state index contributed by atoms with van der Waals surface area (Å²) in [4.78, 5) is 14.2. The molecular formula is C23H33BF3NO4. The highest BCUT2D eigenvalue weighted by molar-refractivity contribution is 6.62. The summed E-state index contributed by atoms with van der Waals surface area (Å²) >= 11 is 0. The van der Waals surface area contributed by atoms with Crippen LogP contribution in [0.2, 0.25) is 0 Å². The van der Waals surface area contributed by atoms with Crippen LogP contribution in [-0.2, 0) is 20.2 Å². The third kappa shape index (κ3) is 5.25. The molecule has 2 fully saturated rings. The van der Waals surface area contributed by atoms with Crippen LogP contribution in [0.25, 0.3) is 0 Å². The standard InChI is InChI=1S/C23H33BF3NO4/c1-20(2,3)30-19(29)28-12-8-9-15(14-28)17-13-16(23(25,26)27)10-11-18(17)24-31-21(4,5)22(6,7)32-24/h10-11,13,15H,8-9,12,14H2,1-7H3. The van der Waals surface area contributed by atoms with Crippen LogP contribution in [-0.4, -0.2) is 48.0 Å². The molecule has 0 bridgehead atoms.